The quantitative estimate of drug-likeness (QED) is 0.582. The third-order valence-corrected chi connectivity index (χ3v) is 5.85. The summed E-state index contributed by atoms with van der Waals surface area (Å²) < 4.78 is 6.67. The zero-order chi connectivity index (χ0) is 21.1. The van der Waals surface area contributed by atoms with E-state index in [-0.39, 0.29) is 18.5 Å². The first-order valence-electron chi connectivity index (χ1n) is 8.99. The highest BCUT2D eigenvalue weighted by Gasteiger charge is 2.20. The van der Waals surface area contributed by atoms with Crippen LogP contribution >= 0.6 is 11.3 Å². The molecule has 3 rings (SSSR count). The number of primary amides is 1. The fourth-order valence-electron chi connectivity index (χ4n) is 3.17. The van der Waals surface area contributed by atoms with E-state index in [9.17, 15) is 14.4 Å². The molecule has 0 atom stereocenters. The summed E-state index contributed by atoms with van der Waals surface area (Å²) in [6.45, 7) is 1.90. The second-order valence-corrected chi connectivity index (χ2v) is 7.61. The van der Waals surface area contributed by atoms with E-state index in [4.69, 9.17) is 15.6 Å². The molecule has 0 aliphatic carbocycles. The zero-order valence-electron chi connectivity index (χ0n) is 16.1. The lowest BCUT2D eigenvalue weighted by Gasteiger charge is -2.13. The number of rotatable bonds is 8. The van der Waals surface area contributed by atoms with Gasteiger partial charge in [-0.15, -0.1) is 11.3 Å². The van der Waals surface area contributed by atoms with Gasteiger partial charge >= 0.3 is 5.97 Å². The Morgan fingerprint density at radius 3 is 2.55 bits per heavy atom. The minimum Gasteiger partial charge on any atom is -0.497 e. The summed E-state index contributed by atoms with van der Waals surface area (Å²) in [5.41, 5.74) is 6.58. The number of nitrogens with zero attached hydrogens (tertiary/aromatic N) is 2. The van der Waals surface area contributed by atoms with Gasteiger partial charge in [0.05, 0.1) is 17.4 Å². The Morgan fingerprint density at radius 1 is 1.28 bits per heavy atom. The molecule has 0 aliphatic rings. The van der Waals surface area contributed by atoms with Crippen LogP contribution in [0.15, 0.2) is 29.1 Å². The summed E-state index contributed by atoms with van der Waals surface area (Å²) in [5, 5.41) is 9.29. The lowest BCUT2D eigenvalue weighted by molar-refractivity contribution is -0.137. The Kier molecular flexibility index (Phi) is 5.97. The van der Waals surface area contributed by atoms with E-state index in [0.29, 0.717) is 39.3 Å². The largest absolute Gasteiger partial charge is 0.497 e. The van der Waals surface area contributed by atoms with Crippen LogP contribution in [0, 0.1) is 6.92 Å². The first-order valence-corrected chi connectivity index (χ1v) is 9.80. The summed E-state index contributed by atoms with van der Waals surface area (Å²) in [5.74, 6) is -0.295. The standard InChI is InChI=1S/C20H21N3O5S/c1-11-16-19(29-17(11)18(21)26)22-14(10-12-5-7-13(28-2)8-6-12)23(20(16)27)9-3-4-15(24)25/h5-8H,3-4,9-10H2,1-2H3,(H2,21,26)(H,24,25). The van der Waals surface area contributed by atoms with Crippen molar-refractivity contribution in [1.82, 2.24) is 9.55 Å². The molecule has 0 bridgehead atoms. The number of carboxylic acid groups (broad SMARTS) is 1. The van der Waals surface area contributed by atoms with Crippen molar-refractivity contribution < 1.29 is 19.4 Å². The number of aromatic nitrogens is 2. The number of thiophene rings is 1. The zero-order valence-corrected chi connectivity index (χ0v) is 16.9. The number of methoxy groups -OCH3 is 1. The molecule has 0 fully saturated rings. The molecule has 29 heavy (non-hydrogen) atoms. The smallest absolute Gasteiger partial charge is 0.303 e. The van der Waals surface area contributed by atoms with Crippen molar-refractivity contribution in [2.24, 2.45) is 5.73 Å². The van der Waals surface area contributed by atoms with Crippen molar-refractivity contribution in [2.75, 3.05) is 7.11 Å². The topological polar surface area (TPSA) is 125 Å². The number of fused-ring (bicyclic) bond motifs is 1. The highest BCUT2D eigenvalue weighted by molar-refractivity contribution is 7.20. The predicted molar refractivity (Wildman–Crippen MR) is 110 cm³/mol. The van der Waals surface area contributed by atoms with Gasteiger partial charge in [0, 0.05) is 19.4 Å². The van der Waals surface area contributed by atoms with Gasteiger partial charge in [-0.1, -0.05) is 12.1 Å². The molecule has 1 aromatic carbocycles. The highest BCUT2D eigenvalue weighted by Crippen LogP contribution is 2.27. The van der Waals surface area contributed by atoms with Crippen LogP contribution in [0.4, 0.5) is 0 Å². The van der Waals surface area contributed by atoms with Crippen molar-refractivity contribution in [3.05, 3.63) is 56.4 Å². The van der Waals surface area contributed by atoms with E-state index in [1.807, 2.05) is 24.3 Å². The summed E-state index contributed by atoms with van der Waals surface area (Å²) >= 11 is 1.10. The van der Waals surface area contributed by atoms with Gasteiger partial charge in [-0.2, -0.15) is 0 Å². The molecular weight excluding hydrogens is 394 g/mol. The average Bonchev–Trinajstić information content (AvgIpc) is 3.01. The summed E-state index contributed by atoms with van der Waals surface area (Å²) in [6.07, 6.45) is 0.622. The van der Waals surface area contributed by atoms with Crippen LogP contribution in [0.3, 0.4) is 0 Å². The van der Waals surface area contributed by atoms with Crippen LogP contribution in [0.1, 0.15) is 39.5 Å². The Morgan fingerprint density at radius 2 is 1.97 bits per heavy atom. The Labute approximate surface area is 170 Å². The number of aliphatic carboxylic acids is 1. The molecule has 0 unspecified atom stereocenters. The Balaban J connectivity index is 2.10. The molecule has 152 valence electrons. The number of carbonyl (C=O) groups excluding carboxylic acids is 1. The number of nitrogens with two attached hydrogens (primary N) is 1. The van der Waals surface area contributed by atoms with E-state index in [1.54, 1.807) is 14.0 Å². The lowest BCUT2D eigenvalue weighted by atomic mass is 10.1. The first kappa shape index (κ1) is 20.5. The number of carbonyl (C=O) groups is 2. The van der Waals surface area contributed by atoms with Gasteiger partial charge in [-0.3, -0.25) is 19.0 Å². The maximum absolute atomic E-state index is 13.2. The van der Waals surface area contributed by atoms with Crippen molar-refractivity contribution >= 4 is 33.4 Å². The molecule has 0 radical (unpaired) electrons. The minimum atomic E-state index is -0.925. The molecule has 9 heteroatoms. The molecule has 0 aliphatic heterocycles. The van der Waals surface area contributed by atoms with Gasteiger partial charge in [-0.05, 0) is 36.6 Å². The molecule has 0 saturated heterocycles. The van der Waals surface area contributed by atoms with Crippen LogP contribution in [-0.2, 0) is 17.8 Å². The number of ether oxygens (including phenoxy) is 1. The summed E-state index contributed by atoms with van der Waals surface area (Å²) in [6, 6.07) is 7.40. The van der Waals surface area contributed by atoms with Gasteiger partial charge in [-0.25, -0.2) is 4.98 Å². The summed E-state index contributed by atoms with van der Waals surface area (Å²) in [7, 11) is 1.58. The normalized spacial score (nSPS) is 11.0. The van der Waals surface area contributed by atoms with Crippen LogP contribution in [0.2, 0.25) is 0 Å². The van der Waals surface area contributed by atoms with E-state index in [0.717, 1.165) is 22.6 Å². The molecule has 3 aromatic rings. The third-order valence-electron chi connectivity index (χ3n) is 4.65. The van der Waals surface area contributed by atoms with Crippen molar-refractivity contribution in [2.45, 2.75) is 32.7 Å². The molecule has 1 amide bonds. The number of carboxylic acids is 1. The van der Waals surface area contributed by atoms with Crippen LogP contribution in [0.5, 0.6) is 5.75 Å². The maximum atomic E-state index is 13.2. The van der Waals surface area contributed by atoms with Gasteiger partial charge in [0.15, 0.2) is 0 Å². The molecule has 8 nitrogen and oxygen atoms in total. The molecule has 2 heterocycles. The maximum Gasteiger partial charge on any atom is 0.303 e. The van der Waals surface area contributed by atoms with E-state index in [2.05, 4.69) is 4.98 Å². The van der Waals surface area contributed by atoms with Gasteiger partial charge in [0.2, 0.25) is 0 Å². The van der Waals surface area contributed by atoms with Gasteiger partial charge in [0.25, 0.3) is 11.5 Å². The molecule has 0 saturated carbocycles. The van der Waals surface area contributed by atoms with Gasteiger partial charge in [0.1, 0.15) is 16.4 Å². The number of amides is 1. The second kappa shape index (κ2) is 8.44. The molecule has 0 spiro atoms. The number of aryl methyl sites for hydroxylation is 1. The van der Waals surface area contributed by atoms with Crippen LogP contribution < -0.4 is 16.0 Å². The molecule has 2 aromatic heterocycles. The summed E-state index contributed by atoms with van der Waals surface area (Å²) in [4.78, 5) is 41.2. The van der Waals surface area contributed by atoms with Crippen molar-refractivity contribution in [1.29, 1.82) is 0 Å². The average molecular weight is 415 g/mol. The van der Waals surface area contributed by atoms with Crippen molar-refractivity contribution in [3.8, 4) is 5.75 Å². The lowest BCUT2D eigenvalue weighted by Crippen LogP contribution is -2.26. The second-order valence-electron chi connectivity index (χ2n) is 6.61. The monoisotopic (exact) mass is 415 g/mol. The van der Waals surface area contributed by atoms with Crippen LogP contribution in [0.25, 0.3) is 10.2 Å². The van der Waals surface area contributed by atoms with Crippen molar-refractivity contribution in [3.63, 3.8) is 0 Å². The van der Waals surface area contributed by atoms with E-state index in [1.165, 1.54) is 4.57 Å². The van der Waals surface area contributed by atoms with Crippen LogP contribution in [-0.4, -0.2) is 33.6 Å². The fourth-order valence-corrected chi connectivity index (χ4v) is 4.22. The van der Waals surface area contributed by atoms with Gasteiger partial charge < -0.3 is 15.6 Å². The molecular formula is C20H21N3O5S. The highest BCUT2D eigenvalue weighted by atomic mass is 32.1. The number of hydrogen-bond acceptors (Lipinski definition) is 6. The Hall–Kier alpha value is -3.20. The first-order chi connectivity index (χ1) is 13.8. The minimum absolute atomic E-state index is 0.0540. The predicted octanol–water partition coefficient (Wildman–Crippen LogP) is 2.33. The molecule has 3 N–H and O–H groups in total. The van der Waals surface area contributed by atoms with E-state index >= 15 is 0 Å². The Bertz CT molecular complexity index is 1130. The third kappa shape index (κ3) is 4.29. The SMILES string of the molecule is COc1ccc(Cc2nc3sc(C(N)=O)c(C)c3c(=O)n2CCCC(=O)O)cc1. The number of hydrogen-bond donors (Lipinski definition) is 2. The fraction of sp³-hybridized carbons (Fsp3) is 0.300. The number of benzene rings is 1. The van der Waals surface area contributed by atoms with E-state index < -0.39 is 11.9 Å².